The van der Waals surface area contributed by atoms with Gasteiger partial charge in [0, 0.05) is 16.2 Å². The maximum absolute atomic E-state index is 6.89. The summed E-state index contributed by atoms with van der Waals surface area (Å²) in [5.41, 5.74) is 22.1. The van der Waals surface area contributed by atoms with Crippen LogP contribution in [0.2, 0.25) is 0 Å². The summed E-state index contributed by atoms with van der Waals surface area (Å²) in [5.74, 6) is 0. The van der Waals surface area contributed by atoms with Crippen molar-refractivity contribution in [2.45, 2.75) is 31.5 Å². The molecule has 56 heavy (non-hydrogen) atoms. The minimum absolute atomic E-state index is 0.0808. The number of para-hydroxylation sites is 1. The third-order valence-corrected chi connectivity index (χ3v) is 11.8. The quantitative estimate of drug-likeness (QED) is 0.154. The molecule has 0 bridgehead atoms. The fourth-order valence-corrected chi connectivity index (χ4v) is 8.91. The smallest absolute Gasteiger partial charge is 0.136 e. The van der Waals surface area contributed by atoms with Gasteiger partial charge in [-0.25, -0.2) is 0 Å². The van der Waals surface area contributed by atoms with Gasteiger partial charge in [0.15, 0.2) is 0 Å². The summed E-state index contributed by atoms with van der Waals surface area (Å²) < 4.78 is 6.30. The zero-order chi connectivity index (χ0) is 37.8. The van der Waals surface area contributed by atoms with Crippen molar-refractivity contribution < 1.29 is 4.42 Å². The topological polar surface area (TPSA) is 51.2 Å². The fraction of sp³-hybridized carbons (Fsp3) is 0.0943. The number of nitrogens with one attached hydrogen (secondary N) is 1. The van der Waals surface area contributed by atoms with Crippen LogP contribution in [0.5, 0.6) is 0 Å². The number of hydrogen-bond donors (Lipinski definition) is 2. The van der Waals surface area contributed by atoms with Crippen LogP contribution in [0.1, 0.15) is 53.9 Å². The zero-order valence-electron chi connectivity index (χ0n) is 31.5. The summed E-state index contributed by atoms with van der Waals surface area (Å²) in [7, 11) is 0. The van der Waals surface area contributed by atoms with Gasteiger partial charge in [0.1, 0.15) is 11.2 Å². The summed E-state index contributed by atoms with van der Waals surface area (Å²) in [6.45, 7) is 4.71. The second-order valence-corrected chi connectivity index (χ2v) is 15.5. The predicted molar refractivity (Wildman–Crippen MR) is 234 cm³/mol. The predicted octanol–water partition coefficient (Wildman–Crippen LogP) is 13.4. The van der Waals surface area contributed by atoms with Crippen molar-refractivity contribution in [3.63, 3.8) is 0 Å². The van der Waals surface area contributed by atoms with Gasteiger partial charge in [-0.1, -0.05) is 178 Å². The molecule has 2 unspecified atom stereocenters. The van der Waals surface area contributed by atoms with E-state index in [4.69, 9.17) is 10.2 Å². The average Bonchev–Trinajstić information content (AvgIpc) is 3.74. The number of furan rings is 1. The van der Waals surface area contributed by atoms with Crippen molar-refractivity contribution in [2.75, 3.05) is 0 Å². The molecular weight excluding hydrogens is 681 g/mol. The van der Waals surface area contributed by atoms with Crippen LogP contribution in [0.25, 0.3) is 72.2 Å². The third-order valence-electron chi connectivity index (χ3n) is 11.8. The normalized spacial score (nSPS) is 14.3. The molecule has 0 saturated heterocycles. The summed E-state index contributed by atoms with van der Waals surface area (Å²) in [4.78, 5) is 0. The van der Waals surface area contributed by atoms with E-state index in [-0.39, 0.29) is 17.6 Å². The SMILES string of the molecule is CC1(C)c2cc3ccccc3cc2-c2c(-c3ccc(/C=C/C(NC(N)c4ccccc4)c4ccccc4-c4cccc5oc6ccccc6c45)cc3)cccc21. The Morgan fingerprint density at radius 2 is 1.23 bits per heavy atom. The largest absolute Gasteiger partial charge is 0.456 e. The Hall–Kier alpha value is -6.52. The first kappa shape index (κ1) is 34.0. The number of fused-ring (bicyclic) bond motifs is 7. The highest BCUT2D eigenvalue weighted by molar-refractivity contribution is 6.12. The molecule has 1 heterocycles. The second kappa shape index (κ2) is 13.6. The standard InChI is InChI=1S/C53H42N2O/c1-53(2)45-23-12-21-39(50(45)44-32-37-16-6-7-17-38(37)33-46(44)53)35-29-26-34(27-30-35)28-31-47(55-52(54)36-14-4-3-5-15-36)41-19-9-8-18-40(41)42-22-13-25-49-51(42)43-20-10-11-24-48(43)56-49/h3-33,47,52,55H,54H2,1-2H3/b31-28+. The average molecular weight is 723 g/mol. The molecule has 2 atom stereocenters. The van der Waals surface area contributed by atoms with Crippen molar-refractivity contribution in [1.29, 1.82) is 0 Å². The fourth-order valence-electron chi connectivity index (χ4n) is 8.91. The van der Waals surface area contributed by atoms with Gasteiger partial charge in [-0.15, -0.1) is 0 Å². The molecule has 3 heteroatoms. The molecule has 270 valence electrons. The van der Waals surface area contributed by atoms with Gasteiger partial charge in [-0.3, -0.25) is 5.32 Å². The van der Waals surface area contributed by atoms with Crippen LogP contribution in [-0.2, 0) is 5.41 Å². The van der Waals surface area contributed by atoms with E-state index in [1.54, 1.807) is 0 Å². The van der Waals surface area contributed by atoms with Gasteiger partial charge in [-0.05, 0) is 96.2 Å². The van der Waals surface area contributed by atoms with E-state index in [2.05, 4.69) is 177 Å². The lowest BCUT2D eigenvalue weighted by molar-refractivity contribution is 0.510. The van der Waals surface area contributed by atoms with Crippen molar-refractivity contribution in [3.8, 4) is 33.4 Å². The third kappa shape index (κ3) is 5.76. The molecule has 0 saturated carbocycles. The molecule has 8 aromatic carbocycles. The van der Waals surface area contributed by atoms with Crippen molar-refractivity contribution in [1.82, 2.24) is 5.32 Å². The van der Waals surface area contributed by atoms with Crippen molar-refractivity contribution in [3.05, 3.63) is 210 Å². The van der Waals surface area contributed by atoms with Crippen molar-refractivity contribution >= 4 is 38.8 Å². The van der Waals surface area contributed by atoms with Crippen LogP contribution in [0, 0.1) is 0 Å². The number of benzene rings is 8. The van der Waals surface area contributed by atoms with Gasteiger partial charge in [0.25, 0.3) is 0 Å². The molecule has 0 fully saturated rings. The highest BCUT2D eigenvalue weighted by Gasteiger charge is 2.37. The van der Waals surface area contributed by atoms with E-state index in [9.17, 15) is 0 Å². The molecular formula is C53H42N2O. The Bertz CT molecular complexity index is 2940. The molecule has 9 aromatic rings. The zero-order valence-corrected chi connectivity index (χ0v) is 31.5. The van der Waals surface area contributed by atoms with E-state index in [0.717, 1.165) is 49.8 Å². The summed E-state index contributed by atoms with van der Waals surface area (Å²) in [6, 6.07) is 62.5. The van der Waals surface area contributed by atoms with Gasteiger partial charge in [0.2, 0.25) is 0 Å². The first-order chi connectivity index (χ1) is 27.4. The Labute approximate surface area is 327 Å². The summed E-state index contributed by atoms with van der Waals surface area (Å²) in [5, 5.41) is 8.56. The van der Waals surface area contributed by atoms with Crippen LogP contribution >= 0.6 is 0 Å². The summed E-state index contributed by atoms with van der Waals surface area (Å²) >= 11 is 0. The van der Waals surface area contributed by atoms with Crippen LogP contribution in [0.3, 0.4) is 0 Å². The first-order valence-electron chi connectivity index (χ1n) is 19.5. The highest BCUT2D eigenvalue weighted by Crippen LogP contribution is 2.53. The molecule has 1 aliphatic rings. The molecule has 0 spiro atoms. The van der Waals surface area contributed by atoms with Gasteiger partial charge < -0.3 is 10.2 Å². The maximum Gasteiger partial charge on any atom is 0.136 e. The molecule has 1 aliphatic carbocycles. The van der Waals surface area contributed by atoms with Crippen molar-refractivity contribution in [2.24, 2.45) is 5.73 Å². The van der Waals surface area contributed by atoms with Gasteiger partial charge in [0.05, 0.1) is 12.2 Å². The molecule has 10 rings (SSSR count). The lowest BCUT2D eigenvalue weighted by Gasteiger charge is -2.24. The highest BCUT2D eigenvalue weighted by atomic mass is 16.3. The van der Waals surface area contributed by atoms with Crippen LogP contribution in [0.15, 0.2) is 186 Å². The van der Waals surface area contributed by atoms with Gasteiger partial charge >= 0.3 is 0 Å². The minimum Gasteiger partial charge on any atom is -0.456 e. The van der Waals surface area contributed by atoms with E-state index >= 15 is 0 Å². The monoisotopic (exact) mass is 722 g/mol. The molecule has 3 N–H and O–H groups in total. The molecule has 0 aliphatic heterocycles. The minimum atomic E-state index is -0.378. The van der Waals surface area contributed by atoms with E-state index in [1.165, 1.54) is 44.2 Å². The molecule has 0 radical (unpaired) electrons. The van der Waals surface area contributed by atoms with Crippen LogP contribution in [-0.4, -0.2) is 0 Å². The van der Waals surface area contributed by atoms with E-state index < -0.39 is 0 Å². The van der Waals surface area contributed by atoms with Gasteiger partial charge in [-0.2, -0.15) is 0 Å². The summed E-state index contributed by atoms with van der Waals surface area (Å²) in [6.07, 6.45) is 4.08. The Morgan fingerprint density at radius 3 is 2.07 bits per heavy atom. The molecule has 3 nitrogen and oxygen atoms in total. The lowest BCUT2D eigenvalue weighted by Crippen LogP contribution is -2.31. The Kier molecular flexibility index (Phi) is 8.29. The molecule has 0 amide bonds. The van der Waals surface area contributed by atoms with E-state index in [1.807, 2.05) is 30.3 Å². The maximum atomic E-state index is 6.89. The van der Waals surface area contributed by atoms with Crippen LogP contribution in [0.4, 0.5) is 0 Å². The lowest BCUT2D eigenvalue weighted by atomic mass is 9.81. The Balaban J connectivity index is 1.03. The Morgan fingerprint density at radius 1 is 0.571 bits per heavy atom. The number of nitrogens with two attached hydrogens (primary N) is 1. The number of rotatable bonds is 8. The molecule has 1 aromatic heterocycles. The first-order valence-corrected chi connectivity index (χ1v) is 19.5. The number of hydrogen-bond acceptors (Lipinski definition) is 3. The van der Waals surface area contributed by atoms with E-state index in [0.29, 0.717) is 0 Å². The second-order valence-electron chi connectivity index (χ2n) is 15.5. The van der Waals surface area contributed by atoms with Crippen LogP contribution < -0.4 is 11.1 Å².